The number of nitrogens with two attached hydrogens (primary N) is 1. The largest absolute Gasteiger partial charge is 0.480 e. The number of carbonyl (C=O) groups is 3. The Morgan fingerprint density at radius 2 is 2.00 bits per heavy atom. The summed E-state index contributed by atoms with van der Waals surface area (Å²) in [7, 11) is 0. The van der Waals surface area contributed by atoms with Crippen molar-refractivity contribution >= 4 is 23.8 Å². The second-order valence-corrected chi connectivity index (χ2v) is 4.77. The molecule has 10 heteroatoms. The molecule has 0 aliphatic heterocycles. The van der Waals surface area contributed by atoms with Gasteiger partial charge in [-0.15, -0.1) is 5.10 Å². The van der Waals surface area contributed by atoms with Crippen LogP contribution >= 0.6 is 0 Å². The molecular weight excluding hydrogens is 282 g/mol. The topological polar surface area (TPSA) is 152 Å². The van der Waals surface area contributed by atoms with E-state index < -0.39 is 24.3 Å². The second kappa shape index (κ2) is 6.31. The van der Waals surface area contributed by atoms with Crippen molar-refractivity contribution in [1.82, 2.24) is 15.1 Å². The van der Waals surface area contributed by atoms with E-state index in [1.54, 1.807) is 0 Å². The van der Waals surface area contributed by atoms with Crippen LogP contribution in [0.5, 0.6) is 0 Å². The molecule has 1 heterocycles. The lowest BCUT2D eigenvalue weighted by Crippen LogP contribution is -2.41. The zero-order valence-corrected chi connectivity index (χ0v) is 11.1. The van der Waals surface area contributed by atoms with Crippen molar-refractivity contribution in [3.63, 3.8) is 0 Å². The van der Waals surface area contributed by atoms with Gasteiger partial charge in [-0.25, -0.2) is 0 Å². The highest BCUT2D eigenvalue weighted by atomic mass is 16.4. The second-order valence-electron chi connectivity index (χ2n) is 4.77. The Hall–Kier alpha value is -2.49. The van der Waals surface area contributed by atoms with E-state index in [9.17, 15) is 14.4 Å². The summed E-state index contributed by atoms with van der Waals surface area (Å²) in [5, 5.41) is 18.5. The van der Waals surface area contributed by atoms with Crippen LogP contribution in [0.2, 0.25) is 0 Å². The summed E-state index contributed by atoms with van der Waals surface area (Å²) >= 11 is 0. The molecule has 114 valence electrons. The SMILES string of the molecule is NC(=O)CN(CC(=O)O)CC(=O)Nc1nnc(C2CC2)o1. The number of amides is 2. The third-order valence-corrected chi connectivity index (χ3v) is 2.72. The van der Waals surface area contributed by atoms with E-state index in [-0.39, 0.29) is 25.0 Å². The van der Waals surface area contributed by atoms with Crippen LogP contribution in [0.3, 0.4) is 0 Å². The van der Waals surface area contributed by atoms with E-state index in [1.807, 2.05) is 0 Å². The number of aromatic nitrogens is 2. The van der Waals surface area contributed by atoms with Gasteiger partial charge in [-0.05, 0) is 12.8 Å². The molecule has 0 spiro atoms. The summed E-state index contributed by atoms with van der Waals surface area (Å²) in [6.07, 6.45) is 1.97. The van der Waals surface area contributed by atoms with E-state index >= 15 is 0 Å². The molecule has 10 nitrogen and oxygen atoms in total. The van der Waals surface area contributed by atoms with Gasteiger partial charge in [-0.2, -0.15) is 0 Å². The molecule has 2 amide bonds. The van der Waals surface area contributed by atoms with Gasteiger partial charge in [-0.3, -0.25) is 24.6 Å². The summed E-state index contributed by atoms with van der Waals surface area (Å²) in [5.74, 6) is -1.72. The van der Waals surface area contributed by atoms with Gasteiger partial charge in [0.15, 0.2) is 0 Å². The number of anilines is 1. The van der Waals surface area contributed by atoms with E-state index in [4.69, 9.17) is 15.3 Å². The smallest absolute Gasteiger partial charge is 0.322 e. The van der Waals surface area contributed by atoms with Gasteiger partial charge in [0.2, 0.25) is 17.7 Å². The Morgan fingerprint density at radius 3 is 2.57 bits per heavy atom. The van der Waals surface area contributed by atoms with Crippen molar-refractivity contribution in [2.24, 2.45) is 5.73 Å². The highest BCUT2D eigenvalue weighted by Crippen LogP contribution is 2.39. The fraction of sp³-hybridized carbons (Fsp3) is 0.545. The molecule has 1 fully saturated rings. The Morgan fingerprint density at radius 1 is 1.29 bits per heavy atom. The fourth-order valence-corrected chi connectivity index (χ4v) is 1.72. The summed E-state index contributed by atoms with van der Waals surface area (Å²) in [5.41, 5.74) is 4.99. The zero-order chi connectivity index (χ0) is 15.4. The molecular formula is C11H15N5O5. The van der Waals surface area contributed by atoms with Gasteiger partial charge in [0.05, 0.1) is 19.6 Å². The highest BCUT2D eigenvalue weighted by Gasteiger charge is 2.29. The summed E-state index contributed by atoms with van der Waals surface area (Å²) in [4.78, 5) is 34.3. The first-order valence-corrected chi connectivity index (χ1v) is 6.29. The number of nitrogens with one attached hydrogen (secondary N) is 1. The maximum absolute atomic E-state index is 11.8. The summed E-state index contributed by atoms with van der Waals surface area (Å²) in [6.45, 7) is -1.14. The van der Waals surface area contributed by atoms with Crippen molar-refractivity contribution in [2.45, 2.75) is 18.8 Å². The lowest BCUT2D eigenvalue weighted by Gasteiger charge is -2.16. The van der Waals surface area contributed by atoms with Crippen LogP contribution in [0.25, 0.3) is 0 Å². The van der Waals surface area contributed by atoms with Crippen LogP contribution in [0.4, 0.5) is 6.01 Å². The lowest BCUT2D eigenvalue weighted by molar-refractivity contribution is -0.138. The third-order valence-electron chi connectivity index (χ3n) is 2.72. The summed E-state index contributed by atoms with van der Waals surface area (Å²) < 4.78 is 5.24. The first kappa shape index (κ1) is 14.9. The van der Waals surface area contributed by atoms with Crippen LogP contribution in [0.15, 0.2) is 4.42 Å². The van der Waals surface area contributed by atoms with E-state index in [0.717, 1.165) is 17.7 Å². The molecule has 0 saturated heterocycles. The average Bonchev–Trinajstić information content (AvgIpc) is 3.09. The number of primary amides is 1. The number of carboxylic acid groups (broad SMARTS) is 1. The molecule has 0 bridgehead atoms. The van der Waals surface area contributed by atoms with Crippen LogP contribution in [0.1, 0.15) is 24.7 Å². The van der Waals surface area contributed by atoms with Gasteiger partial charge in [-0.1, -0.05) is 5.10 Å². The first-order chi connectivity index (χ1) is 9.94. The van der Waals surface area contributed by atoms with Gasteiger partial charge >= 0.3 is 12.0 Å². The van der Waals surface area contributed by atoms with Crippen molar-refractivity contribution < 1.29 is 23.9 Å². The van der Waals surface area contributed by atoms with E-state index in [1.165, 1.54) is 0 Å². The summed E-state index contributed by atoms with van der Waals surface area (Å²) in [6, 6.07) is -0.0451. The molecule has 4 N–H and O–H groups in total. The van der Waals surface area contributed by atoms with Crippen LogP contribution in [0, 0.1) is 0 Å². The molecule has 0 aromatic carbocycles. The third kappa shape index (κ3) is 4.84. The fourth-order valence-electron chi connectivity index (χ4n) is 1.72. The monoisotopic (exact) mass is 297 g/mol. The molecule has 1 aromatic heterocycles. The van der Waals surface area contributed by atoms with Crippen molar-refractivity contribution in [1.29, 1.82) is 0 Å². The molecule has 1 aliphatic carbocycles. The van der Waals surface area contributed by atoms with E-state index in [0.29, 0.717) is 5.89 Å². The van der Waals surface area contributed by atoms with Gasteiger partial charge in [0, 0.05) is 5.92 Å². The maximum atomic E-state index is 11.8. The zero-order valence-electron chi connectivity index (χ0n) is 11.1. The predicted octanol–water partition coefficient (Wildman–Crippen LogP) is -1.24. The number of rotatable bonds is 8. The highest BCUT2D eigenvalue weighted by molar-refractivity contribution is 5.91. The van der Waals surface area contributed by atoms with Crippen LogP contribution in [-0.4, -0.2) is 57.6 Å². The molecule has 2 rings (SSSR count). The van der Waals surface area contributed by atoms with Crippen molar-refractivity contribution in [2.75, 3.05) is 25.0 Å². The van der Waals surface area contributed by atoms with Gasteiger partial charge < -0.3 is 15.3 Å². The molecule has 1 saturated carbocycles. The Balaban J connectivity index is 1.87. The molecule has 1 aliphatic rings. The molecule has 0 radical (unpaired) electrons. The number of carbonyl (C=O) groups excluding carboxylic acids is 2. The predicted molar refractivity (Wildman–Crippen MR) is 68.2 cm³/mol. The number of nitrogens with zero attached hydrogens (tertiary/aromatic N) is 3. The Bertz CT molecular complexity index is 537. The van der Waals surface area contributed by atoms with Crippen molar-refractivity contribution in [3.05, 3.63) is 5.89 Å². The first-order valence-electron chi connectivity index (χ1n) is 6.29. The molecule has 0 unspecified atom stereocenters. The molecule has 1 aromatic rings. The van der Waals surface area contributed by atoms with Gasteiger partial charge in [0.25, 0.3) is 0 Å². The van der Waals surface area contributed by atoms with E-state index in [2.05, 4.69) is 15.5 Å². The minimum Gasteiger partial charge on any atom is -0.480 e. The minimum absolute atomic E-state index is 0.0451. The van der Waals surface area contributed by atoms with Crippen LogP contribution in [-0.2, 0) is 14.4 Å². The number of hydrogen-bond acceptors (Lipinski definition) is 7. The van der Waals surface area contributed by atoms with Crippen molar-refractivity contribution in [3.8, 4) is 0 Å². The maximum Gasteiger partial charge on any atom is 0.322 e. The quantitative estimate of drug-likeness (QED) is 0.538. The lowest BCUT2D eigenvalue weighted by atomic mass is 10.4. The number of carboxylic acids is 1. The molecule has 0 atom stereocenters. The standard InChI is InChI=1S/C11H15N5O5/c12-7(17)3-16(5-9(19)20)4-8(18)13-11-15-14-10(21-11)6-1-2-6/h6H,1-5H2,(H2,12,17)(H,19,20)(H,13,15,18). The minimum atomic E-state index is -1.17. The number of hydrogen-bond donors (Lipinski definition) is 3. The molecule has 21 heavy (non-hydrogen) atoms. The average molecular weight is 297 g/mol. The number of aliphatic carboxylic acids is 1. The normalized spacial score (nSPS) is 14.1. The Kier molecular flexibility index (Phi) is 4.48. The van der Waals surface area contributed by atoms with Crippen LogP contribution < -0.4 is 11.1 Å². The Labute approximate surface area is 119 Å². The van der Waals surface area contributed by atoms with Gasteiger partial charge in [0.1, 0.15) is 0 Å².